The van der Waals surface area contributed by atoms with Gasteiger partial charge in [0.1, 0.15) is 29.3 Å². The van der Waals surface area contributed by atoms with Crippen molar-refractivity contribution in [3.63, 3.8) is 0 Å². The monoisotopic (exact) mass is 572 g/mol. The van der Waals surface area contributed by atoms with E-state index in [9.17, 15) is 4.79 Å². The molecule has 2 aromatic heterocycles. The van der Waals surface area contributed by atoms with Crippen molar-refractivity contribution in [1.82, 2.24) is 20.0 Å². The third-order valence-electron chi connectivity index (χ3n) is 7.28. The first kappa shape index (κ1) is 29.2. The highest BCUT2D eigenvalue weighted by Crippen LogP contribution is 2.33. The maximum Gasteiger partial charge on any atom is 0.432 e. The van der Waals surface area contributed by atoms with Crippen LogP contribution in [0.2, 0.25) is 0 Å². The Morgan fingerprint density at radius 2 is 1.93 bits per heavy atom. The molecule has 12 nitrogen and oxygen atoms in total. The predicted octanol–water partition coefficient (Wildman–Crippen LogP) is 2.31. The fourth-order valence-corrected chi connectivity index (χ4v) is 5.26. The molecule has 13 heteroatoms. The Labute approximate surface area is 239 Å². The smallest absolute Gasteiger partial charge is 0.432 e. The summed E-state index contributed by atoms with van der Waals surface area (Å²) in [6.45, 7) is 9.62. The normalized spacial score (nSPS) is 17.5. The fraction of sp³-hybridized carbons (Fsp3) is 0.519. The zero-order valence-electron chi connectivity index (χ0n) is 23.3. The first-order valence-electron chi connectivity index (χ1n) is 13.6. The van der Waals surface area contributed by atoms with Gasteiger partial charge in [0.05, 0.1) is 31.6 Å². The summed E-state index contributed by atoms with van der Waals surface area (Å²) in [6.07, 6.45) is 9.27. The van der Waals surface area contributed by atoms with Crippen LogP contribution in [0.4, 0.5) is 11.8 Å². The molecule has 2 aliphatic rings. The minimum Gasteiger partial charge on any atom is -0.465 e. The maximum atomic E-state index is 12.4. The number of aromatic nitrogens is 3. The Morgan fingerprint density at radius 3 is 2.48 bits per heavy atom. The van der Waals surface area contributed by atoms with E-state index in [-0.39, 0.29) is 22.9 Å². The molecule has 4 heterocycles. The largest absolute Gasteiger partial charge is 0.465 e. The quantitative estimate of drug-likeness (QED) is 0.175. The number of anilines is 1. The first-order chi connectivity index (χ1) is 19.2. The number of nitrogens with two attached hydrogens (primary N) is 3. The molecule has 0 spiro atoms. The highest BCUT2D eigenvalue weighted by atomic mass is 35.5. The van der Waals surface area contributed by atoms with Gasteiger partial charge in [-0.1, -0.05) is 40.6 Å². The van der Waals surface area contributed by atoms with Gasteiger partial charge in [0, 0.05) is 31.3 Å². The Hall–Kier alpha value is -3.80. The number of carbonyl (C=O) groups excluding carboxylic acids is 1. The van der Waals surface area contributed by atoms with Crippen LogP contribution in [0.3, 0.4) is 0 Å². The van der Waals surface area contributed by atoms with Gasteiger partial charge in [-0.25, -0.2) is 4.58 Å². The van der Waals surface area contributed by atoms with Crippen molar-refractivity contribution >= 4 is 35.6 Å². The van der Waals surface area contributed by atoms with Crippen molar-refractivity contribution in [3.8, 4) is 0 Å². The van der Waals surface area contributed by atoms with Gasteiger partial charge in [0.25, 0.3) is 0 Å². The van der Waals surface area contributed by atoms with Gasteiger partial charge in [-0.15, -0.1) is 0 Å². The molecule has 0 aromatic carbocycles. The molecule has 6 N–H and O–H groups in total. The van der Waals surface area contributed by atoms with Gasteiger partial charge in [0.2, 0.25) is 0 Å². The molecule has 1 atom stereocenters. The molecule has 0 amide bonds. The Morgan fingerprint density at radius 1 is 1.23 bits per heavy atom. The Kier molecular flexibility index (Phi) is 9.51. The summed E-state index contributed by atoms with van der Waals surface area (Å²) in [6, 6.07) is 1.87. The van der Waals surface area contributed by atoms with Crippen molar-refractivity contribution in [2.75, 3.05) is 44.2 Å². The van der Waals surface area contributed by atoms with E-state index in [2.05, 4.69) is 20.0 Å². The highest BCUT2D eigenvalue weighted by Gasteiger charge is 2.31. The number of esters is 1. The molecule has 0 aliphatic carbocycles. The van der Waals surface area contributed by atoms with Gasteiger partial charge in [0.15, 0.2) is 11.6 Å². The molecule has 2 aliphatic heterocycles. The van der Waals surface area contributed by atoms with E-state index in [4.69, 9.17) is 38.1 Å². The lowest BCUT2D eigenvalue weighted by atomic mass is 9.91. The van der Waals surface area contributed by atoms with E-state index in [1.54, 1.807) is 13.0 Å². The number of allylic oxidation sites excluding steroid dienone is 1. The fourth-order valence-electron chi connectivity index (χ4n) is 5.15. The second kappa shape index (κ2) is 13.0. The summed E-state index contributed by atoms with van der Waals surface area (Å²) in [4.78, 5) is 25.9. The van der Waals surface area contributed by atoms with E-state index in [0.29, 0.717) is 49.6 Å². The SMILES string of the molecule is CCOC(=O)C(c1cc(N2CCC(c3cnc([N+]4=CCN(C(/C=C(\N)Cl)=C(N)N)CC4)nc3)CC2)no1)C(C)C. The van der Waals surface area contributed by atoms with E-state index >= 15 is 0 Å². The maximum absolute atomic E-state index is 12.4. The van der Waals surface area contributed by atoms with Crippen LogP contribution in [-0.4, -0.2) is 76.1 Å². The number of hydrogen-bond acceptors (Lipinski definition) is 11. The second-order valence-corrected chi connectivity index (χ2v) is 10.8. The van der Waals surface area contributed by atoms with E-state index in [1.807, 2.05) is 48.0 Å². The number of carbonyl (C=O) groups is 1. The highest BCUT2D eigenvalue weighted by molar-refractivity contribution is 6.29. The molecule has 0 radical (unpaired) electrons. The van der Waals surface area contributed by atoms with Crippen LogP contribution >= 0.6 is 11.6 Å². The lowest BCUT2D eigenvalue weighted by Gasteiger charge is -2.31. The molecule has 1 unspecified atom stereocenters. The van der Waals surface area contributed by atoms with Crippen LogP contribution in [0, 0.1) is 5.92 Å². The molecule has 1 fully saturated rings. The van der Waals surface area contributed by atoms with Gasteiger partial charge >= 0.3 is 11.9 Å². The average Bonchev–Trinajstić information content (AvgIpc) is 3.41. The summed E-state index contributed by atoms with van der Waals surface area (Å²) < 4.78 is 12.8. The van der Waals surface area contributed by atoms with Crippen LogP contribution in [0.25, 0.3) is 0 Å². The van der Waals surface area contributed by atoms with E-state index in [1.165, 1.54) is 0 Å². The molecule has 216 valence electrons. The molecule has 4 rings (SSSR count). The van der Waals surface area contributed by atoms with Gasteiger partial charge in [-0.3, -0.25) is 4.79 Å². The summed E-state index contributed by atoms with van der Waals surface area (Å²) in [5.74, 6) is 1.77. The molecule has 1 saturated heterocycles. The third-order valence-corrected chi connectivity index (χ3v) is 7.39. The predicted molar refractivity (Wildman–Crippen MR) is 153 cm³/mol. The standard InChI is InChI=1S/C27H39ClN9O3/c1-4-39-26(38)24(17(2)3)21-14-23(34-40-21)36-7-5-18(6-8-36)19-15-32-27(33-16-19)37-11-9-35(10-12-37)20(25(30)31)13-22(28)29/h11,13-18,24H,4-10,12,29-31H2,1-3H3/q+1/b22-13-. The molecular weight excluding hydrogens is 534 g/mol. The minimum absolute atomic E-state index is 0.0430. The van der Waals surface area contributed by atoms with Crippen LogP contribution < -0.4 is 22.1 Å². The molecule has 2 aromatic rings. The Balaban J connectivity index is 1.34. The van der Waals surface area contributed by atoms with Crippen molar-refractivity contribution in [2.45, 2.75) is 45.4 Å². The van der Waals surface area contributed by atoms with Crippen LogP contribution in [0.1, 0.15) is 56.8 Å². The summed E-state index contributed by atoms with van der Waals surface area (Å²) >= 11 is 5.82. The lowest BCUT2D eigenvalue weighted by molar-refractivity contribution is -0.451. The van der Waals surface area contributed by atoms with E-state index < -0.39 is 5.92 Å². The number of hydrogen-bond donors (Lipinski definition) is 3. The van der Waals surface area contributed by atoms with Crippen molar-refractivity contribution in [3.05, 3.63) is 52.5 Å². The van der Waals surface area contributed by atoms with Crippen LogP contribution in [0.5, 0.6) is 0 Å². The number of piperidine rings is 1. The third kappa shape index (κ3) is 6.85. The summed E-state index contributed by atoms with van der Waals surface area (Å²) in [5.41, 5.74) is 18.9. The van der Waals surface area contributed by atoms with Crippen molar-refractivity contribution in [1.29, 1.82) is 0 Å². The minimum atomic E-state index is -0.465. The Bertz CT molecular complexity index is 1260. The van der Waals surface area contributed by atoms with Crippen LogP contribution in [0.15, 0.2) is 45.7 Å². The molecule has 40 heavy (non-hydrogen) atoms. The second-order valence-electron chi connectivity index (χ2n) is 10.3. The zero-order chi connectivity index (χ0) is 28.8. The average molecular weight is 573 g/mol. The van der Waals surface area contributed by atoms with Crippen LogP contribution in [-0.2, 0) is 9.53 Å². The number of nitrogens with zero attached hydrogens (tertiary/aromatic N) is 6. The lowest BCUT2D eigenvalue weighted by Crippen LogP contribution is -2.39. The van der Waals surface area contributed by atoms with Gasteiger partial charge < -0.3 is 36.3 Å². The first-order valence-corrected chi connectivity index (χ1v) is 14.0. The topological polar surface area (TPSA) is 166 Å². The molecule has 0 bridgehead atoms. The zero-order valence-corrected chi connectivity index (χ0v) is 24.0. The van der Waals surface area contributed by atoms with E-state index in [0.717, 1.165) is 37.3 Å². The van der Waals surface area contributed by atoms with Gasteiger partial charge in [-0.05, 0) is 37.7 Å². The summed E-state index contributed by atoms with van der Waals surface area (Å²) in [7, 11) is 0. The van der Waals surface area contributed by atoms with Crippen molar-refractivity contribution in [2.24, 2.45) is 23.1 Å². The molecular formula is C27H39ClN9O3+. The summed E-state index contributed by atoms with van der Waals surface area (Å²) in [5, 5.41) is 4.38. The number of rotatable bonds is 9. The van der Waals surface area contributed by atoms with Gasteiger partial charge in [-0.2, -0.15) is 0 Å². The number of halogens is 1. The number of ether oxygens (including phenoxy) is 1. The van der Waals surface area contributed by atoms with Crippen molar-refractivity contribution < 1.29 is 18.6 Å². The molecule has 0 saturated carbocycles.